The molecule has 6 heteroatoms. The van der Waals surface area contributed by atoms with Gasteiger partial charge in [0, 0.05) is 18.6 Å². The number of benzene rings is 1. The smallest absolute Gasteiger partial charge is 0.323 e. The summed E-state index contributed by atoms with van der Waals surface area (Å²) < 4.78 is 28.0. The van der Waals surface area contributed by atoms with Gasteiger partial charge in [-0.25, -0.2) is 13.8 Å². The van der Waals surface area contributed by atoms with Crippen LogP contribution in [0.5, 0.6) is 0 Å². The summed E-state index contributed by atoms with van der Waals surface area (Å²) >= 11 is 0. The second-order valence-electron chi connectivity index (χ2n) is 4.72. The van der Waals surface area contributed by atoms with Gasteiger partial charge in [-0.3, -0.25) is 4.79 Å². The van der Waals surface area contributed by atoms with Gasteiger partial charge in [0.2, 0.25) is 0 Å². The van der Waals surface area contributed by atoms with Gasteiger partial charge < -0.3 is 9.67 Å². The highest BCUT2D eigenvalue weighted by Crippen LogP contribution is 2.21. The van der Waals surface area contributed by atoms with Crippen molar-refractivity contribution >= 4 is 17.0 Å². The SMILES string of the molecule is CCCCCc1nc2cc(F)c(F)cc2n1CC(=O)O. The number of rotatable bonds is 6. The second-order valence-corrected chi connectivity index (χ2v) is 4.72. The Morgan fingerprint density at radius 3 is 2.65 bits per heavy atom. The van der Waals surface area contributed by atoms with Crippen molar-refractivity contribution in [2.24, 2.45) is 0 Å². The molecule has 0 aliphatic carbocycles. The van der Waals surface area contributed by atoms with Crippen LogP contribution in [0.3, 0.4) is 0 Å². The number of hydrogen-bond donors (Lipinski definition) is 1. The first-order valence-corrected chi connectivity index (χ1v) is 6.59. The van der Waals surface area contributed by atoms with Crippen molar-refractivity contribution in [2.75, 3.05) is 0 Å². The first-order chi connectivity index (χ1) is 9.52. The number of aliphatic carboxylic acids is 1. The van der Waals surface area contributed by atoms with Crippen LogP contribution < -0.4 is 0 Å². The number of carboxylic acid groups (broad SMARTS) is 1. The molecule has 0 radical (unpaired) electrons. The van der Waals surface area contributed by atoms with E-state index in [1.165, 1.54) is 4.57 Å². The number of carboxylic acids is 1. The molecule has 0 saturated carbocycles. The van der Waals surface area contributed by atoms with E-state index in [1.54, 1.807) is 0 Å². The van der Waals surface area contributed by atoms with E-state index in [9.17, 15) is 13.6 Å². The molecule has 1 heterocycles. The van der Waals surface area contributed by atoms with E-state index in [4.69, 9.17) is 5.11 Å². The van der Waals surface area contributed by atoms with E-state index >= 15 is 0 Å². The van der Waals surface area contributed by atoms with Crippen molar-refractivity contribution in [3.63, 3.8) is 0 Å². The number of aryl methyl sites for hydroxylation is 1. The number of hydrogen-bond acceptors (Lipinski definition) is 2. The first-order valence-electron chi connectivity index (χ1n) is 6.59. The lowest BCUT2D eigenvalue weighted by Crippen LogP contribution is -2.12. The van der Waals surface area contributed by atoms with Crippen LogP contribution in [-0.4, -0.2) is 20.6 Å². The van der Waals surface area contributed by atoms with Gasteiger partial charge in [0.25, 0.3) is 0 Å². The standard InChI is InChI=1S/C14H16F2N2O2/c1-2-3-4-5-13-17-11-6-9(15)10(16)7-12(11)18(13)8-14(19)20/h6-7H,2-5,8H2,1H3,(H,19,20). The molecule has 108 valence electrons. The van der Waals surface area contributed by atoms with Crippen LogP contribution >= 0.6 is 0 Å². The molecular weight excluding hydrogens is 266 g/mol. The lowest BCUT2D eigenvalue weighted by atomic mass is 10.2. The fourth-order valence-corrected chi connectivity index (χ4v) is 2.21. The second kappa shape index (κ2) is 5.98. The maximum atomic E-state index is 13.3. The molecule has 1 N–H and O–H groups in total. The van der Waals surface area contributed by atoms with E-state index in [0.29, 0.717) is 17.8 Å². The third-order valence-electron chi connectivity index (χ3n) is 3.17. The summed E-state index contributed by atoms with van der Waals surface area (Å²) in [7, 11) is 0. The Kier molecular flexibility index (Phi) is 4.32. The van der Waals surface area contributed by atoms with Gasteiger partial charge in [-0.1, -0.05) is 19.8 Å². The summed E-state index contributed by atoms with van der Waals surface area (Å²) in [5, 5.41) is 8.95. The fraction of sp³-hybridized carbons (Fsp3) is 0.429. The molecule has 0 fully saturated rings. The molecular formula is C14H16F2N2O2. The van der Waals surface area contributed by atoms with Crippen LogP contribution in [0, 0.1) is 11.6 Å². The third kappa shape index (κ3) is 2.95. The zero-order valence-electron chi connectivity index (χ0n) is 11.2. The van der Waals surface area contributed by atoms with Crippen LogP contribution in [0.15, 0.2) is 12.1 Å². The molecule has 4 nitrogen and oxygen atoms in total. The highest BCUT2D eigenvalue weighted by atomic mass is 19.2. The molecule has 1 aromatic heterocycles. The normalized spacial score (nSPS) is 11.2. The van der Waals surface area contributed by atoms with Crippen molar-refractivity contribution in [1.29, 1.82) is 0 Å². The monoisotopic (exact) mass is 282 g/mol. The maximum absolute atomic E-state index is 13.3. The molecule has 0 aliphatic heterocycles. The first kappa shape index (κ1) is 14.4. The van der Waals surface area contributed by atoms with Gasteiger partial charge >= 0.3 is 5.97 Å². The van der Waals surface area contributed by atoms with Crippen LogP contribution in [0.25, 0.3) is 11.0 Å². The Morgan fingerprint density at radius 1 is 1.30 bits per heavy atom. The van der Waals surface area contributed by atoms with Gasteiger partial charge in [0.05, 0.1) is 11.0 Å². The maximum Gasteiger partial charge on any atom is 0.323 e. The Labute approximate surface area is 115 Å². The molecule has 0 saturated heterocycles. The van der Waals surface area contributed by atoms with Crippen molar-refractivity contribution in [2.45, 2.75) is 39.2 Å². The van der Waals surface area contributed by atoms with E-state index in [0.717, 1.165) is 31.4 Å². The average Bonchev–Trinajstić information content (AvgIpc) is 2.68. The van der Waals surface area contributed by atoms with E-state index < -0.39 is 17.6 Å². The lowest BCUT2D eigenvalue weighted by Gasteiger charge is -2.06. The summed E-state index contributed by atoms with van der Waals surface area (Å²) in [4.78, 5) is 15.2. The van der Waals surface area contributed by atoms with Crippen molar-refractivity contribution in [3.05, 3.63) is 29.6 Å². The highest BCUT2D eigenvalue weighted by Gasteiger charge is 2.15. The van der Waals surface area contributed by atoms with Gasteiger partial charge in [-0.2, -0.15) is 0 Å². The predicted octanol–water partition coefficient (Wildman–Crippen LogP) is 3.13. The fourth-order valence-electron chi connectivity index (χ4n) is 2.21. The third-order valence-corrected chi connectivity index (χ3v) is 3.17. The molecule has 1 aromatic carbocycles. The van der Waals surface area contributed by atoms with E-state index in [-0.39, 0.29) is 12.1 Å². The lowest BCUT2D eigenvalue weighted by molar-refractivity contribution is -0.137. The molecule has 0 amide bonds. The largest absolute Gasteiger partial charge is 0.480 e. The molecule has 0 atom stereocenters. The van der Waals surface area contributed by atoms with Crippen LogP contribution in [0.2, 0.25) is 0 Å². The Bertz CT molecular complexity index is 638. The van der Waals surface area contributed by atoms with Crippen LogP contribution in [0.4, 0.5) is 8.78 Å². The number of aromatic nitrogens is 2. The molecule has 2 aromatic rings. The van der Waals surface area contributed by atoms with Crippen molar-refractivity contribution in [1.82, 2.24) is 9.55 Å². The van der Waals surface area contributed by atoms with Gasteiger partial charge in [-0.05, 0) is 6.42 Å². The highest BCUT2D eigenvalue weighted by molar-refractivity contribution is 5.78. The Balaban J connectivity index is 2.45. The van der Waals surface area contributed by atoms with Crippen LogP contribution in [0.1, 0.15) is 32.0 Å². The van der Waals surface area contributed by atoms with Gasteiger partial charge in [-0.15, -0.1) is 0 Å². The summed E-state index contributed by atoms with van der Waals surface area (Å²) in [6, 6.07) is 2.01. The number of nitrogens with zero attached hydrogens (tertiary/aromatic N) is 2. The van der Waals surface area contributed by atoms with Gasteiger partial charge in [0.15, 0.2) is 11.6 Å². The predicted molar refractivity (Wildman–Crippen MR) is 70.5 cm³/mol. The molecule has 20 heavy (non-hydrogen) atoms. The quantitative estimate of drug-likeness (QED) is 0.828. The minimum atomic E-state index is -1.04. The van der Waals surface area contributed by atoms with Gasteiger partial charge in [0.1, 0.15) is 12.4 Å². The number of halogens is 2. The number of carbonyl (C=O) groups is 1. The van der Waals surface area contributed by atoms with E-state index in [2.05, 4.69) is 11.9 Å². The summed E-state index contributed by atoms with van der Waals surface area (Å²) in [5.41, 5.74) is 0.606. The summed E-state index contributed by atoms with van der Waals surface area (Å²) in [5.74, 6) is -2.45. The molecule has 2 rings (SSSR count). The minimum absolute atomic E-state index is 0.289. The molecule has 0 unspecified atom stereocenters. The zero-order chi connectivity index (χ0) is 14.7. The number of fused-ring (bicyclic) bond motifs is 1. The van der Waals surface area contributed by atoms with Crippen molar-refractivity contribution < 1.29 is 18.7 Å². The number of imidazole rings is 1. The molecule has 0 spiro atoms. The summed E-state index contributed by atoms with van der Waals surface area (Å²) in [6.07, 6.45) is 3.49. The topological polar surface area (TPSA) is 55.1 Å². The molecule has 0 aliphatic rings. The zero-order valence-corrected chi connectivity index (χ0v) is 11.2. The Morgan fingerprint density at radius 2 is 2.00 bits per heavy atom. The Hall–Kier alpha value is -1.98. The van der Waals surface area contributed by atoms with Crippen LogP contribution in [-0.2, 0) is 17.8 Å². The van der Waals surface area contributed by atoms with E-state index in [1.807, 2.05) is 0 Å². The number of unbranched alkanes of at least 4 members (excludes halogenated alkanes) is 2. The van der Waals surface area contributed by atoms with Crippen molar-refractivity contribution in [3.8, 4) is 0 Å². The molecule has 0 bridgehead atoms. The average molecular weight is 282 g/mol. The minimum Gasteiger partial charge on any atom is -0.480 e. The summed E-state index contributed by atoms with van der Waals surface area (Å²) in [6.45, 7) is 1.76.